The Morgan fingerprint density at radius 2 is 1.62 bits per heavy atom. The molecule has 1 aliphatic rings. The number of carboxylic acid groups (broad SMARTS) is 1. The zero-order valence-corrected chi connectivity index (χ0v) is 14.3. The lowest BCUT2D eigenvalue weighted by Gasteiger charge is -2.42. The Labute approximate surface area is 140 Å². The van der Waals surface area contributed by atoms with Gasteiger partial charge < -0.3 is 20.6 Å². The Morgan fingerprint density at radius 3 is 2.08 bits per heavy atom. The summed E-state index contributed by atoms with van der Waals surface area (Å²) < 4.78 is 0. The number of hydrogen-bond donors (Lipinski definition) is 4. The zero-order chi connectivity index (χ0) is 18.6. The van der Waals surface area contributed by atoms with Gasteiger partial charge in [-0.05, 0) is 11.8 Å². The summed E-state index contributed by atoms with van der Waals surface area (Å²) in [5.74, 6) is -3.69. The molecule has 9 nitrogen and oxygen atoms in total. The van der Waals surface area contributed by atoms with E-state index in [1.54, 1.807) is 0 Å². The summed E-state index contributed by atoms with van der Waals surface area (Å²) in [6.07, 6.45) is -1.39. The van der Waals surface area contributed by atoms with Crippen LogP contribution in [0.15, 0.2) is 11.5 Å². The molecule has 0 saturated heterocycles. The fourth-order valence-corrected chi connectivity index (χ4v) is 2.35. The second-order valence-electron chi connectivity index (χ2n) is 6.52. The van der Waals surface area contributed by atoms with Crippen LogP contribution in [0.2, 0.25) is 0 Å². The minimum Gasteiger partial charge on any atom is -0.494 e. The van der Waals surface area contributed by atoms with Gasteiger partial charge in [-0.2, -0.15) is 0 Å². The number of aliphatic carboxylic acids is 1. The first-order valence-electron chi connectivity index (χ1n) is 7.75. The zero-order valence-electron chi connectivity index (χ0n) is 14.3. The minimum absolute atomic E-state index is 0.0214. The van der Waals surface area contributed by atoms with Crippen molar-refractivity contribution >= 4 is 17.8 Å². The van der Waals surface area contributed by atoms with E-state index in [4.69, 9.17) is 5.11 Å². The molecule has 1 heterocycles. The van der Waals surface area contributed by atoms with Crippen LogP contribution in [0, 0.1) is 11.8 Å². The van der Waals surface area contributed by atoms with Crippen molar-refractivity contribution in [1.82, 2.24) is 15.1 Å². The lowest BCUT2D eigenvalue weighted by atomic mass is 10.1. The molecule has 0 fully saturated rings. The van der Waals surface area contributed by atoms with E-state index < -0.39 is 42.1 Å². The van der Waals surface area contributed by atoms with E-state index in [9.17, 15) is 24.6 Å². The highest BCUT2D eigenvalue weighted by molar-refractivity contribution is 6.19. The third-order valence-electron chi connectivity index (χ3n) is 3.28. The molecule has 0 aromatic carbocycles. The number of carbonyl (C=O) groups is 3. The fourth-order valence-electron chi connectivity index (χ4n) is 2.35. The molecule has 136 valence electrons. The van der Waals surface area contributed by atoms with Crippen molar-refractivity contribution in [3.05, 3.63) is 11.5 Å². The lowest BCUT2D eigenvalue weighted by Crippen LogP contribution is -2.58. The number of rotatable bonds is 7. The molecule has 0 aromatic rings. The van der Waals surface area contributed by atoms with Crippen molar-refractivity contribution in [2.45, 2.75) is 34.0 Å². The van der Waals surface area contributed by atoms with Gasteiger partial charge in [0.2, 0.25) is 12.2 Å². The number of nitrogens with zero attached hydrogens (tertiary/aromatic N) is 2. The van der Waals surface area contributed by atoms with Crippen molar-refractivity contribution in [3.8, 4) is 0 Å². The lowest BCUT2D eigenvalue weighted by molar-refractivity contribution is -0.166. The summed E-state index contributed by atoms with van der Waals surface area (Å²) in [6.45, 7) is 7.10. The third-order valence-corrected chi connectivity index (χ3v) is 3.28. The molecule has 0 spiro atoms. The molecule has 9 heteroatoms. The third kappa shape index (κ3) is 4.60. The predicted molar refractivity (Wildman–Crippen MR) is 84.4 cm³/mol. The molecule has 0 aromatic heterocycles. The second-order valence-corrected chi connectivity index (χ2v) is 6.52. The average molecular weight is 343 g/mol. The van der Waals surface area contributed by atoms with E-state index in [1.165, 1.54) is 0 Å². The van der Waals surface area contributed by atoms with Gasteiger partial charge in [-0.15, -0.1) is 0 Å². The predicted octanol–water partition coefficient (Wildman–Crippen LogP) is -0.311. The molecule has 0 aliphatic carbocycles. The van der Waals surface area contributed by atoms with E-state index in [0.29, 0.717) is 0 Å². The Balaban J connectivity index is 3.22. The number of hydrogen-bond acceptors (Lipinski definition) is 6. The topological polar surface area (TPSA) is 130 Å². The first kappa shape index (κ1) is 19.8. The molecule has 1 rings (SSSR count). The van der Waals surface area contributed by atoms with Gasteiger partial charge in [0, 0.05) is 13.1 Å². The summed E-state index contributed by atoms with van der Waals surface area (Å²) in [7, 11) is 0. The maximum atomic E-state index is 12.5. The van der Waals surface area contributed by atoms with Crippen molar-refractivity contribution in [3.63, 3.8) is 0 Å². The van der Waals surface area contributed by atoms with Crippen LogP contribution in [0.5, 0.6) is 0 Å². The molecular formula is C15H25N3O6. The van der Waals surface area contributed by atoms with Gasteiger partial charge in [0.25, 0.3) is 11.8 Å². The second kappa shape index (κ2) is 8.00. The van der Waals surface area contributed by atoms with Crippen molar-refractivity contribution in [2.75, 3.05) is 19.6 Å². The van der Waals surface area contributed by atoms with Gasteiger partial charge in [-0.1, -0.05) is 27.7 Å². The highest BCUT2D eigenvalue weighted by Crippen LogP contribution is 2.25. The number of aliphatic hydroxyl groups is 2. The van der Waals surface area contributed by atoms with Gasteiger partial charge in [-0.25, -0.2) is 0 Å². The molecule has 1 aliphatic heterocycles. The molecule has 2 amide bonds. The van der Waals surface area contributed by atoms with Gasteiger partial charge in [0.1, 0.15) is 6.54 Å². The van der Waals surface area contributed by atoms with E-state index in [-0.39, 0.29) is 24.9 Å². The number of nitrogens with one attached hydrogen (secondary N) is 1. The molecule has 4 N–H and O–H groups in total. The van der Waals surface area contributed by atoms with Crippen LogP contribution in [0.4, 0.5) is 0 Å². The van der Waals surface area contributed by atoms with Gasteiger partial charge >= 0.3 is 5.97 Å². The Bertz CT molecular complexity index is 543. The minimum atomic E-state index is -1.39. The van der Waals surface area contributed by atoms with E-state index >= 15 is 0 Å². The van der Waals surface area contributed by atoms with Gasteiger partial charge in [-0.3, -0.25) is 24.2 Å². The maximum Gasteiger partial charge on any atom is 0.322 e. The van der Waals surface area contributed by atoms with E-state index in [0.717, 1.165) is 9.80 Å². The quantitative estimate of drug-likeness (QED) is 0.466. The Morgan fingerprint density at radius 1 is 1.12 bits per heavy atom. The first-order valence-corrected chi connectivity index (χ1v) is 7.75. The average Bonchev–Trinajstić information content (AvgIpc) is 2.45. The normalized spacial score (nSPS) is 18.6. The molecule has 24 heavy (non-hydrogen) atoms. The van der Waals surface area contributed by atoms with E-state index in [1.807, 2.05) is 27.7 Å². The molecule has 0 saturated carbocycles. The van der Waals surface area contributed by atoms with Gasteiger partial charge in [0.05, 0.1) is 0 Å². The number of aliphatic hydroxyl groups excluding tert-OH is 2. The SMILES string of the molecule is CC(C)CN1C(=O)C(C(=O)NCC(=O)O)=C(O)N(CC(C)C)C1O. The summed E-state index contributed by atoms with van der Waals surface area (Å²) >= 11 is 0. The van der Waals surface area contributed by atoms with Crippen molar-refractivity contribution < 1.29 is 29.7 Å². The van der Waals surface area contributed by atoms with Crippen LogP contribution in [0.1, 0.15) is 27.7 Å². The molecule has 1 atom stereocenters. The first-order chi connectivity index (χ1) is 11.1. The summed E-state index contributed by atoms with van der Waals surface area (Å²) in [5, 5.41) is 31.4. The Kier molecular flexibility index (Phi) is 6.59. The highest BCUT2D eigenvalue weighted by atomic mass is 16.4. The van der Waals surface area contributed by atoms with Crippen LogP contribution in [-0.2, 0) is 14.4 Å². The molecule has 0 radical (unpaired) electrons. The van der Waals surface area contributed by atoms with Crippen LogP contribution in [0.25, 0.3) is 0 Å². The number of carboxylic acids is 1. The molecular weight excluding hydrogens is 318 g/mol. The largest absolute Gasteiger partial charge is 0.494 e. The summed E-state index contributed by atoms with van der Waals surface area (Å²) in [6, 6.07) is 0. The highest BCUT2D eigenvalue weighted by Gasteiger charge is 2.42. The molecule has 1 unspecified atom stereocenters. The smallest absolute Gasteiger partial charge is 0.322 e. The number of carbonyl (C=O) groups excluding carboxylic acids is 2. The van der Waals surface area contributed by atoms with Crippen LogP contribution >= 0.6 is 0 Å². The Hall–Kier alpha value is -2.29. The van der Waals surface area contributed by atoms with Gasteiger partial charge in [0.15, 0.2) is 5.57 Å². The summed E-state index contributed by atoms with van der Waals surface area (Å²) in [5.41, 5.74) is -0.567. The van der Waals surface area contributed by atoms with Crippen molar-refractivity contribution in [1.29, 1.82) is 0 Å². The van der Waals surface area contributed by atoms with Crippen molar-refractivity contribution in [2.24, 2.45) is 11.8 Å². The van der Waals surface area contributed by atoms with E-state index in [2.05, 4.69) is 5.32 Å². The fraction of sp³-hybridized carbons (Fsp3) is 0.667. The summed E-state index contributed by atoms with van der Waals surface area (Å²) in [4.78, 5) is 37.5. The number of amides is 2. The van der Waals surface area contributed by atoms with Crippen LogP contribution in [-0.4, -0.2) is 68.9 Å². The molecule has 0 bridgehead atoms. The monoisotopic (exact) mass is 343 g/mol. The standard InChI is InChI=1S/C15H25N3O6/c1-8(2)6-17-13(22)11(12(21)16-5-10(19)20)14(23)18(15(17)24)7-9(3)4/h8-9,15,22,24H,5-7H2,1-4H3,(H,16,21)(H,19,20). The van der Waals surface area contributed by atoms with Crippen LogP contribution < -0.4 is 5.32 Å². The maximum absolute atomic E-state index is 12.5. The van der Waals surface area contributed by atoms with Crippen LogP contribution in [0.3, 0.4) is 0 Å².